The molecule has 0 spiro atoms. The van der Waals surface area contributed by atoms with Gasteiger partial charge in [0.05, 0.1) is 17.6 Å². The number of rotatable bonds is 8. The van der Waals surface area contributed by atoms with Crippen LogP contribution in [-0.2, 0) is 0 Å². The molecule has 1 saturated heterocycles. The van der Waals surface area contributed by atoms with E-state index in [1.165, 1.54) is 12.8 Å². The number of imidazole rings is 1. The van der Waals surface area contributed by atoms with Gasteiger partial charge in [0, 0.05) is 49.2 Å². The summed E-state index contributed by atoms with van der Waals surface area (Å²) in [5, 5.41) is 3.27. The van der Waals surface area contributed by atoms with E-state index in [1.54, 1.807) is 6.20 Å². The molecule has 3 aromatic rings. The number of carbonyl (C=O) groups is 1. The molecule has 8 heteroatoms. The van der Waals surface area contributed by atoms with Gasteiger partial charge in [0.15, 0.2) is 0 Å². The lowest BCUT2D eigenvalue weighted by Gasteiger charge is -2.24. The van der Waals surface area contributed by atoms with Crippen LogP contribution in [0.5, 0.6) is 0 Å². The second kappa shape index (κ2) is 9.77. The van der Waals surface area contributed by atoms with Crippen molar-refractivity contribution in [2.75, 3.05) is 32.0 Å². The fraction of sp³-hybridized carbons (Fsp3) is 0.481. The second-order valence-electron chi connectivity index (χ2n) is 10.2. The van der Waals surface area contributed by atoms with Gasteiger partial charge in [0.1, 0.15) is 5.82 Å². The standard InChI is InChI=1S/C27H35N7O/c1-18(2)34-19(3)29-15-25(34)24-11-13-28-27(31-24)30-22-9-7-21(8-10-22)26(35)33-14-12-23(17-33)32(4)16-20-5-6-20/h7-11,13,15,18,20,23H,5-6,12,14,16-17H2,1-4H3,(H,28,30,31)/t23-/m0/s1. The first-order valence-electron chi connectivity index (χ1n) is 12.6. The van der Waals surface area contributed by atoms with Gasteiger partial charge in [0.2, 0.25) is 5.95 Å². The minimum atomic E-state index is 0.106. The highest BCUT2D eigenvalue weighted by Crippen LogP contribution is 2.31. The molecule has 5 rings (SSSR count). The quantitative estimate of drug-likeness (QED) is 0.518. The maximum absolute atomic E-state index is 13.1. The number of anilines is 2. The molecular weight excluding hydrogens is 438 g/mol. The summed E-state index contributed by atoms with van der Waals surface area (Å²) in [7, 11) is 2.20. The maximum Gasteiger partial charge on any atom is 0.253 e. The van der Waals surface area contributed by atoms with Crippen LogP contribution in [0, 0.1) is 12.8 Å². The smallest absolute Gasteiger partial charge is 0.253 e. The lowest BCUT2D eigenvalue weighted by Crippen LogP contribution is -2.37. The summed E-state index contributed by atoms with van der Waals surface area (Å²) < 4.78 is 2.17. The van der Waals surface area contributed by atoms with Crippen LogP contribution in [0.1, 0.15) is 55.3 Å². The molecule has 1 atom stereocenters. The number of likely N-dealkylation sites (tertiary alicyclic amines) is 1. The predicted molar refractivity (Wildman–Crippen MR) is 138 cm³/mol. The molecule has 0 radical (unpaired) electrons. The molecule has 35 heavy (non-hydrogen) atoms. The second-order valence-corrected chi connectivity index (χ2v) is 10.2. The topological polar surface area (TPSA) is 79.2 Å². The van der Waals surface area contributed by atoms with Gasteiger partial charge in [-0.25, -0.2) is 15.0 Å². The zero-order chi connectivity index (χ0) is 24.5. The van der Waals surface area contributed by atoms with Crippen molar-refractivity contribution in [3.8, 4) is 11.4 Å². The molecule has 2 aromatic heterocycles. The largest absolute Gasteiger partial charge is 0.337 e. The predicted octanol–water partition coefficient (Wildman–Crippen LogP) is 4.53. The molecule has 184 valence electrons. The van der Waals surface area contributed by atoms with Crippen LogP contribution >= 0.6 is 0 Å². The maximum atomic E-state index is 13.1. The highest BCUT2D eigenvalue weighted by molar-refractivity contribution is 5.94. The van der Waals surface area contributed by atoms with Crippen molar-refractivity contribution in [1.82, 2.24) is 29.3 Å². The van der Waals surface area contributed by atoms with E-state index in [1.807, 2.05) is 48.4 Å². The van der Waals surface area contributed by atoms with Crippen molar-refractivity contribution in [2.24, 2.45) is 5.92 Å². The van der Waals surface area contributed by atoms with Gasteiger partial charge in [-0.1, -0.05) is 0 Å². The molecule has 0 unspecified atom stereocenters. The van der Waals surface area contributed by atoms with Crippen LogP contribution in [0.4, 0.5) is 11.6 Å². The first-order valence-corrected chi connectivity index (χ1v) is 12.6. The summed E-state index contributed by atoms with van der Waals surface area (Å²) >= 11 is 0. The summed E-state index contributed by atoms with van der Waals surface area (Å²) in [5.74, 6) is 2.45. The Morgan fingerprint density at radius 3 is 2.63 bits per heavy atom. The van der Waals surface area contributed by atoms with Crippen molar-refractivity contribution in [3.05, 3.63) is 54.1 Å². The van der Waals surface area contributed by atoms with Crippen molar-refractivity contribution in [3.63, 3.8) is 0 Å². The highest BCUT2D eigenvalue weighted by Gasteiger charge is 2.32. The summed E-state index contributed by atoms with van der Waals surface area (Å²) in [6, 6.07) is 10.2. The minimum Gasteiger partial charge on any atom is -0.337 e. The van der Waals surface area contributed by atoms with Crippen LogP contribution in [0.2, 0.25) is 0 Å². The Labute approximate surface area is 207 Å². The Morgan fingerprint density at radius 1 is 1.14 bits per heavy atom. The van der Waals surface area contributed by atoms with Gasteiger partial charge in [-0.3, -0.25) is 4.79 Å². The summed E-state index contributed by atoms with van der Waals surface area (Å²) in [5.41, 5.74) is 3.34. The molecular formula is C27H35N7O. The zero-order valence-electron chi connectivity index (χ0n) is 21.1. The first-order chi connectivity index (χ1) is 16.9. The first kappa shape index (κ1) is 23.5. The van der Waals surface area contributed by atoms with Gasteiger partial charge in [-0.15, -0.1) is 0 Å². The molecule has 2 fully saturated rings. The summed E-state index contributed by atoms with van der Waals surface area (Å²) in [6.07, 6.45) is 7.38. The third kappa shape index (κ3) is 5.22. The fourth-order valence-corrected chi connectivity index (χ4v) is 5.01. The third-order valence-electron chi connectivity index (χ3n) is 7.12. The number of aromatic nitrogens is 4. The fourth-order valence-electron chi connectivity index (χ4n) is 5.01. The molecule has 1 aliphatic carbocycles. The molecule has 1 aromatic carbocycles. The molecule has 1 N–H and O–H groups in total. The average Bonchev–Trinajstić information content (AvgIpc) is 3.36. The molecule has 0 bridgehead atoms. The SMILES string of the molecule is Cc1ncc(-c2ccnc(Nc3ccc(C(=O)N4CC[C@H](N(C)CC5CC5)C4)cc3)n2)n1C(C)C. The molecule has 2 aliphatic rings. The number of hydrogen-bond acceptors (Lipinski definition) is 6. The number of nitrogens with one attached hydrogen (secondary N) is 1. The summed E-state index contributed by atoms with van der Waals surface area (Å²) in [6.45, 7) is 9.07. The molecule has 1 saturated carbocycles. The van der Waals surface area contributed by atoms with Crippen molar-refractivity contribution in [2.45, 2.75) is 52.1 Å². The number of aryl methyl sites for hydroxylation is 1. The van der Waals surface area contributed by atoms with Crippen LogP contribution in [0.3, 0.4) is 0 Å². The van der Waals surface area contributed by atoms with Gasteiger partial charge in [-0.2, -0.15) is 0 Å². The van der Waals surface area contributed by atoms with Crippen LogP contribution in [0.25, 0.3) is 11.4 Å². The average molecular weight is 474 g/mol. The number of benzene rings is 1. The van der Waals surface area contributed by atoms with Crippen molar-refractivity contribution < 1.29 is 4.79 Å². The van der Waals surface area contributed by atoms with E-state index in [0.29, 0.717) is 17.6 Å². The van der Waals surface area contributed by atoms with E-state index in [9.17, 15) is 4.79 Å². The van der Waals surface area contributed by atoms with Gasteiger partial charge >= 0.3 is 0 Å². The Balaban J connectivity index is 1.23. The lowest BCUT2D eigenvalue weighted by atomic mass is 10.2. The zero-order valence-corrected chi connectivity index (χ0v) is 21.1. The van der Waals surface area contributed by atoms with Crippen LogP contribution < -0.4 is 5.32 Å². The molecule has 3 heterocycles. The van der Waals surface area contributed by atoms with Crippen LogP contribution in [-0.4, -0.2) is 67.9 Å². The van der Waals surface area contributed by atoms with E-state index in [-0.39, 0.29) is 11.9 Å². The van der Waals surface area contributed by atoms with Gasteiger partial charge in [-0.05, 0) is 83.3 Å². The van der Waals surface area contributed by atoms with E-state index < -0.39 is 0 Å². The van der Waals surface area contributed by atoms with E-state index >= 15 is 0 Å². The van der Waals surface area contributed by atoms with Crippen LogP contribution in [0.15, 0.2) is 42.7 Å². The van der Waals surface area contributed by atoms with Gasteiger partial charge < -0.3 is 19.7 Å². The molecule has 1 aliphatic heterocycles. The Morgan fingerprint density at radius 2 is 1.91 bits per heavy atom. The number of carbonyl (C=O) groups excluding carboxylic acids is 1. The molecule has 8 nitrogen and oxygen atoms in total. The number of hydrogen-bond donors (Lipinski definition) is 1. The third-order valence-corrected chi connectivity index (χ3v) is 7.12. The number of amides is 1. The Bertz CT molecular complexity index is 1180. The number of likely N-dealkylation sites (N-methyl/N-ethyl adjacent to an activating group) is 1. The Kier molecular flexibility index (Phi) is 6.56. The summed E-state index contributed by atoms with van der Waals surface area (Å²) in [4.78, 5) is 31.0. The number of nitrogens with zero attached hydrogens (tertiary/aromatic N) is 6. The van der Waals surface area contributed by atoms with E-state index in [0.717, 1.165) is 54.9 Å². The Hall–Kier alpha value is -3.26. The molecule has 1 amide bonds. The van der Waals surface area contributed by atoms with E-state index in [4.69, 9.17) is 4.98 Å². The monoisotopic (exact) mass is 473 g/mol. The van der Waals surface area contributed by atoms with Crippen molar-refractivity contribution in [1.29, 1.82) is 0 Å². The van der Waals surface area contributed by atoms with Gasteiger partial charge in [0.25, 0.3) is 5.91 Å². The van der Waals surface area contributed by atoms with Crippen molar-refractivity contribution >= 4 is 17.5 Å². The van der Waals surface area contributed by atoms with E-state index in [2.05, 4.69) is 45.6 Å². The minimum absolute atomic E-state index is 0.106. The normalized spacial score (nSPS) is 18.0. The highest BCUT2D eigenvalue weighted by atomic mass is 16.2. The lowest BCUT2D eigenvalue weighted by molar-refractivity contribution is 0.0780.